The molecule has 4 rings (SSSR count). The minimum absolute atomic E-state index is 0. The Kier molecular flexibility index (Phi) is 6.21. The molecule has 1 atom stereocenters. The minimum atomic E-state index is -0.281. The Morgan fingerprint density at radius 1 is 1.07 bits per heavy atom. The van der Waals surface area contributed by atoms with Crippen LogP contribution < -0.4 is 5.32 Å². The maximum absolute atomic E-state index is 13.6. The van der Waals surface area contributed by atoms with Gasteiger partial charge in [-0.25, -0.2) is 8.78 Å². The largest absolute Gasteiger partial charge is 0.359 e. The quantitative estimate of drug-likeness (QED) is 0.724. The number of hydrogen-bond acceptors (Lipinski definition) is 4. The van der Waals surface area contributed by atoms with Crippen molar-refractivity contribution in [1.29, 1.82) is 0 Å². The van der Waals surface area contributed by atoms with Gasteiger partial charge in [0.2, 0.25) is 0 Å². The Balaban J connectivity index is 0.00000210. The molecule has 1 aliphatic rings. The molecule has 2 heterocycles. The number of benzene rings is 2. The predicted octanol–water partition coefficient (Wildman–Crippen LogP) is 4.19. The molecule has 1 aromatic heterocycles. The van der Waals surface area contributed by atoms with E-state index in [9.17, 15) is 8.78 Å². The zero-order valence-electron chi connectivity index (χ0n) is 14.6. The van der Waals surface area contributed by atoms with Gasteiger partial charge in [0.25, 0.3) is 0 Å². The number of aromatic nitrogens is 1. The second-order valence-corrected chi connectivity index (χ2v) is 6.43. The second kappa shape index (κ2) is 8.61. The summed E-state index contributed by atoms with van der Waals surface area (Å²) in [5.74, 6) is 0.218. The lowest BCUT2D eigenvalue weighted by Crippen LogP contribution is -2.45. The number of rotatable bonds is 4. The normalized spacial score (nSPS) is 17.5. The van der Waals surface area contributed by atoms with E-state index in [1.165, 1.54) is 18.2 Å². The summed E-state index contributed by atoms with van der Waals surface area (Å²) in [4.78, 5) is 2.25. The van der Waals surface area contributed by atoms with E-state index in [4.69, 9.17) is 4.52 Å². The van der Waals surface area contributed by atoms with Gasteiger partial charge in [-0.15, -0.1) is 12.4 Å². The van der Waals surface area contributed by atoms with E-state index in [2.05, 4.69) is 15.4 Å². The first-order valence-corrected chi connectivity index (χ1v) is 8.61. The summed E-state index contributed by atoms with van der Waals surface area (Å²) in [5.41, 5.74) is 2.43. The molecule has 2 aromatic carbocycles. The summed E-state index contributed by atoms with van der Waals surface area (Å²) in [6.45, 7) is 3.03. The Bertz CT molecular complexity index is 885. The van der Waals surface area contributed by atoms with Gasteiger partial charge in [0.1, 0.15) is 17.3 Å². The van der Waals surface area contributed by atoms with Gasteiger partial charge < -0.3 is 9.84 Å². The van der Waals surface area contributed by atoms with Crippen molar-refractivity contribution in [2.45, 2.75) is 12.6 Å². The molecule has 27 heavy (non-hydrogen) atoms. The molecule has 0 spiro atoms. The summed E-state index contributed by atoms with van der Waals surface area (Å²) < 4.78 is 32.1. The van der Waals surface area contributed by atoms with E-state index in [0.29, 0.717) is 12.2 Å². The maximum Gasteiger partial charge on any atom is 0.151 e. The first kappa shape index (κ1) is 19.5. The number of hydrogen-bond donors (Lipinski definition) is 1. The molecule has 0 bridgehead atoms. The van der Waals surface area contributed by atoms with E-state index in [1.54, 1.807) is 24.3 Å². The SMILES string of the molecule is Cl.Fc1ccc(-c2cc(CN3CCNCC3c3cccc(F)c3)on2)cc1. The molecule has 7 heteroatoms. The Morgan fingerprint density at radius 3 is 2.67 bits per heavy atom. The van der Waals surface area contributed by atoms with Gasteiger partial charge >= 0.3 is 0 Å². The molecule has 0 aliphatic carbocycles. The molecule has 1 fully saturated rings. The molecule has 4 nitrogen and oxygen atoms in total. The van der Waals surface area contributed by atoms with Crippen molar-refractivity contribution in [3.05, 3.63) is 77.6 Å². The van der Waals surface area contributed by atoms with Gasteiger partial charge in [0.05, 0.1) is 6.54 Å². The van der Waals surface area contributed by atoms with Crippen LogP contribution in [0.25, 0.3) is 11.3 Å². The van der Waals surface area contributed by atoms with Crippen molar-refractivity contribution in [2.24, 2.45) is 0 Å². The average molecular weight is 392 g/mol. The highest BCUT2D eigenvalue weighted by molar-refractivity contribution is 5.85. The van der Waals surface area contributed by atoms with Gasteiger partial charge in [0.15, 0.2) is 5.76 Å². The fourth-order valence-corrected chi connectivity index (χ4v) is 3.32. The van der Waals surface area contributed by atoms with Crippen LogP contribution in [0.3, 0.4) is 0 Å². The van der Waals surface area contributed by atoms with E-state index < -0.39 is 0 Å². The Morgan fingerprint density at radius 2 is 1.89 bits per heavy atom. The number of nitrogens with zero attached hydrogens (tertiary/aromatic N) is 2. The van der Waals surface area contributed by atoms with Crippen molar-refractivity contribution in [2.75, 3.05) is 19.6 Å². The fraction of sp³-hybridized carbons (Fsp3) is 0.250. The Labute approximate surface area is 162 Å². The third-order valence-corrected chi connectivity index (χ3v) is 4.65. The summed E-state index contributed by atoms with van der Waals surface area (Å²) in [7, 11) is 0. The topological polar surface area (TPSA) is 41.3 Å². The minimum Gasteiger partial charge on any atom is -0.359 e. The Hall–Kier alpha value is -2.28. The molecule has 1 saturated heterocycles. The third-order valence-electron chi connectivity index (χ3n) is 4.65. The van der Waals surface area contributed by atoms with Crippen LogP contribution in [0.4, 0.5) is 8.78 Å². The van der Waals surface area contributed by atoms with E-state index in [1.807, 2.05) is 12.1 Å². The standard InChI is InChI=1S/C20H19F2N3O.ClH/c21-16-6-4-14(5-7-16)19-11-18(26-24-19)13-25-9-8-23-12-20(25)15-2-1-3-17(22)10-15;/h1-7,10-11,20,23H,8-9,12-13H2;1H. The zero-order chi connectivity index (χ0) is 17.9. The zero-order valence-corrected chi connectivity index (χ0v) is 15.4. The van der Waals surface area contributed by atoms with Crippen LogP contribution in [0.1, 0.15) is 17.4 Å². The van der Waals surface area contributed by atoms with E-state index in [-0.39, 0.29) is 30.1 Å². The van der Waals surface area contributed by atoms with Crippen molar-refractivity contribution in [1.82, 2.24) is 15.4 Å². The van der Waals surface area contributed by atoms with Crippen LogP contribution in [0, 0.1) is 11.6 Å². The molecule has 0 radical (unpaired) electrons. The fourth-order valence-electron chi connectivity index (χ4n) is 3.32. The highest BCUT2D eigenvalue weighted by atomic mass is 35.5. The molecule has 0 amide bonds. The maximum atomic E-state index is 13.6. The molecule has 142 valence electrons. The van der Waals surface area contributed by atoms with Gasteiger partial charge in [-0.2, -0.15) is 0 Å². The van der Waals surface area contributed by atoms with Gasteiger partial charge in [-0.3, -0.25) is 4.90 Å². The molecule has 3 aromatic rings. The van der Waals surface area contributed by atoms with Crippen molar-refractivity contribution >= 4 is 12.4 Å². The van der Waals surface area contributed by atoms with Crippen LogP contribution in [0.15, 0.2) is 59.1 Å². The van der Waals surface area contributed by atoms with Crippen LogP contribution in [-0.4, -0.2) is 29.7 Å². The smallest absolute Gasteiger partial charge is 0.151 e. The van der Waals surface area contributed by atoms with Crippen LogP contribution in [0.5, 0.6) is 0 Å². The lowest BCUT2D eigenvalue weighted by atomic mass is 10.0. The summed E-state index contributed by atoms with van der Waals surface area (Å²) in [6, 6.07) is 14.8. The highest BCUT2D eigenvalue weighted by Crippen LogP contribution is 2.26. The molecular weight excluding hydrogens is 372 g/mol. The highest BCUT2D eigenvalue weighted by Gasteiger charge is 2.25. The summed E-state index contributed by atoms with van der Waals surface area (Å²) >= 11 is 0. The van der Waals surface area contributed by atoms with Crippen molar-refractivity contribution in [3.63, 3.8) is 0 Å². The number of nitrogens with one attached hydrogen (secondary N) is 1. The molecule has 1 N–H and O–H groups in total. The lowest BCUT2D eigenvalue weighted by Gasteiger charge is -2.35. The number of halogens is 3. The average Bonchev–Trinajstić information content (AvgIpc) is 3.11. The predicted molar refractivity (Wildman–Crippen MR) is 102 cm³/mol. The van der Waals surface area contributed by atoms with Crippen LogP contribution in [-0.2, 0) is 6.54 Å². The second-order valence-electron chi connectivity index (χ2n) is 6.43. The lowest BCUT2D eigenvalue weighted by molar-refractivity contribution is 0.138. The van der Waals surface area contributed by atoms with E-state index in [0.717, 1.165) is 36.5 Å². The molecule has 0 saturated carbocycles. The molecule has 1 unspecified atom stereocenters. The third kappa shape index (κ3) is 4.53. The van der Waals surface area contributed by atoms with Crippen molar-refractivity contribution in [3.8, 4) is 11.3 Å². The number of piperazine rings is 1. The van der Waals surface area contributed by atoms with Gasteiger partial charge in [0, 0.05) is 37.3 Å². The monoisotopic (exact) mass is 391 g/mol. The summed E-state index contributed by atoms with van der Waals surface area (Å²) in [5, 5.41) is 7.45. The van der Waals surface area contributed by atoms with E-state index >= 15 is 0 Å². The van der Waals surface area contributed by atoms with Gasteiger partial charge in [-0.1, -0.05) is 17.3 Å². The van der Waals surface area contributed by atoms with Crippen LogP contribution in [0.2, 0.25) is 0 Å². The van der Waals surface area contributed by atoms with Crippen molar-refractivity contribution < 1.29 is 13.3 Å². The van der Waals surface area contributed by atoms with Crippen LogP contribution >= 0.6 is 12.4 Å². The first-order chi connectivity index (χ1) is 12.7. The van der Waals surface area contributed by atoms with Gasteiger partial charge in [-0.05, 0) is 42.0 Å². The summed E-state index contributed by atoms with van der Waals surface area (Å²) in [6.07, 6.45) is 0. The first-order valence-electron chi connectivity index (χ1n) is 8.61. The molecular formula is C20H20ClF2N3O. The molecule has 1 aliphatic heterocycles.